The van der Waals surface area contributed by atoms with Crippen LogP contribution in [0.4, 0.5) is 11.4 Å². The van der Waals surface area contributed by atoms with Crippen molar-refractivity contribution in [2.75, 3.05) is 23.8 Å². The molecule has 0 atom stereocenters. The summed E-state index contributed by atoms with van der Waals surface area (Å²) in [6.07, 6.45) is 1.33. The Balaban J connectivity index is 1.64. The molecule has 0 spiro atoms. The molecule has 0 fully saturated rings. The van der Waals surface area contributed by atoms with Crippen LogP contribution in [0.25, 0.3) is 11.1 Å². The first-order valence-electron chi connectivity index (χ1n) is 10.5. The van der Waals surface area contributed by atoms with Gasteiger partial charge in [0.05, 0.1) is 24.6 Å². The zero-order chi connectivity index (χ0) is 23.2. The molecule has 0 bridgehead atoms. The average Bonchev–Trinajstić information content (AvgIpc) is 3.30. The monoisotopic (exact) mass is 445 g/mol. The number of nitrogens with one attached hydrogen (secondary N) is 2. The molecule has 1 aromatic heterocycles. The highest BCUT2D eigenvalue weighted by molar-refractivity contribution is 6.08. The number of aromatic nitrogens is 1. The lowest BCUT2D eigenvalue weighted by atomic mass is 10.1. The lowest BCUT2D eigenvalue weighted by Gasteiger charge is -2.18. The van der Waals surface area contributed by atoms with Crippen molar-refractivity contribution < 1.29 is 23.5 Å². The van der Waals surface area contributed by atoms with Crippen molar-refractivity contribution >= 4 is 34.3 Å². The Hall–Kier alpha value is -4.33. The first kappa shape index (κ1) is 21.9. The summed E-state index contributed by atoms with van der Waals surface area (Å²) in [6.45, 7) is 4.42. The molecule has 0 saturated heterocycles. The number of rotatable bonds is 8. The Labute approximate surface area is 190 Å². The van der Waals surface area contributed by atoms with Crippen LogP contribution in [0.5, 0.6) is 11.5 Å². The molecule has 0 unspecified atom stereocenters. The van der Waals surface area contributed by atoms with Gasteiger partial charge in [0, 0.05) is 23.3 Å². The first-order valence-corrected chi connectivity index (χ1v) is 10.5. The van der Waals surface area contributed by atoms with Crippen molar-refractivity contribution in [1.29, 1.82) is 0 Å². The summed E-state index contributed by atoms with van der Waals surface area (Å²) in [5, 5.41) is 5.73. The van der Waals surface area contributed by atoms with Gasteiger partial charge in [-0.2, -0.15) is 0 Å². The van der Waals surface area contributed by atoms with Gasteiger partial charge < -0.3 is 24.5 Å². The van der Waals surface area contributed by atoms with Crippen molar-refractivity contribution in [3.05, 3.63) is 78.2 Å². The second-order valence-electron chi connectivity index (χ2n) is 7.02. The van der Waals surface area contributed by atoms with Gasteiger partial charge in [-0.25, -0.2) is 4.98 Å². The third-order valence-corrected chi connectivity index (χ3v) is 4.81. The molecular formula is C25H23N3O5. The minimum atomic E-state index is -0.343. The molecule has 8 nitrogen and oxygen atoms in total. The summed E-state index contributed by atoms with van der Waals surface area (Å²) < 4.78 is 16.7. The zero-order valence-electron chi connectivity index (χ0n) is 18.3. The predicted molar refractivity (Wildman–Crippen MR) is 125 cm³/mol. The molecule has 0 aliphatic heterocycles. The largest absolute Gasteiger partial charge is 0.492 e. The molecule has 0 aliphatic carbocycles. The highest BCUT2D eigenvalue weighted by Gasteiger charge is 2.18. The summed E-state index contributed by atoms with van der Waals surface area (Å²) in [4.78, 5) is 29.7. The first-order chi connectivity index (χ1) is 16.1. The summed E-state index contributed by atoms with van der Waals surface area (Å²) in [5.74, 6) is 0.189. The number of fused-ring (bicyclic) bond motifs is 1. The normalized spacial score (nSPS) is 10.6. The zero-order valence-corrected chi connectivity index (χ0v) is 18.3. The van der Waals surface area contributed by atoms with Crippen LogP contribution >= 0.6 is 0 Å². The topological polar surface area (TPSA) is 103 Å². The van der Waals surface area contributed by atoms with E-state index < -0.39 is 0 Å². The SMILES string of the molecule is CCOc1cc(NC(=O)c2ccc3ocnc3c2)c(OCC)cc1NC(=O)c1ccccc1. The van der Waals surface area contributed by atoms with Gasteiger partial charge in [-0.3, -0.25) is 9.59 Å². The van der Waals surface area contributed by atoms with Gasteiger partial charge in [-0.15, -0.1) is 0 Å². The van der Waals surface area contributed by atoms with Gasteiger partial charge >= 0.3 is 0 Å². The second-order valence-corrected chi connectivity index (χ2v) is 7.02. The van der Waals surface area contributed by atoms with Crippen LogP contribution in [0.1, 0.15) is 34.6 Å². The number of hydrogen-bond acceptors (Lipinski definition) is 6. The molecule has 8 heteroatoms. The second kappa shape index (κ2) is 9.86. The van der Waals surface area contributed by atoms with E-state index in [4.69, 9.17) is 13.9 Å². The van der Waals surface area contributed by atoms with Gasteiger partial charge in [-0.1, -0.05) is 18.2 Å². The van der Waals surface area contributed by atoms with Crippen LogP contribution in [-0.4, -0.2) is 30.0 Å². The maximum atomic E-state index is 12.9. The van der Waals surface area contributed by atoms with Crippen LogP contribution < -0.4 is 20.1 Å². The maximum absolute atomic E-state index is 12.9. The highest BCUT2D eigenvalue weighted by atomic mass is 16.5. The van der Waals surface area contributed by atoms with E-state index in [1.165, 1.54) is 6.39 Å². The van der Waals surface area contributed by atoms with Crippen molar-refractivity contribution in [2.24, 2.45) is 0 Å². The van der Waals surface area contributed by atoms with Crippen LogP contribution in [-0.2, 0) is 0 Å². The highest BCUT2D eigenvalue weighted by Crippen LogP contribution is 2.37. The van der Waals surface area contributed by atoms with E-state index >= 15 is 0 Å². The van der Waals surface area contributed by atoms with Gasteiger partial charge in [0.1, 0.15) is 17.0 Å². The molecule has 3 aromatic carbocycles. The number of oxazole rings is 1. The maximum Gasteiger partial charge on any atom is 0.255 e. The minimum Gasteiger partial charge on any atom is -0.492 e. The van der Waals surface area contributed by atoms with Crippen molar-refractivity contribution in [3.8, 4) is 11.5 Å². The summed E-state index contributed by atoms with van der Waals surface area (Å²) in [5.41, 5.74) is 2.97. The molecule has 0 radical (unpaired) electrons. The van der Waals surface area contributed by atoms with Gasteiger partial charge in [0.15, 0.2) is 12.0 Å². The molecule has 168 valence electrons. The smallest absolute Gasteiger partial charge is 0.255 e. The fraction of sp³-hybridized carbons (Fsp3) is 0.160. The molecule has 2 N–H and O–H groups in total. The molecular weight excluding hydrogens is 422 g/mol. The molecule has 0 aliphatic rings. The Morgan fingerprint density at radius 3 is 2.03 bits per heavy atom. The fourth-order valence-electron chi connectivity index (χ4n) is 3.28. The lowest BCUT2D eigenvalue weighted by Crippen LogP contribution is -2.15. The number of anilines is 2. The molecule has 1 heterocycles. The summed E-state index contributed by atoms with van der Waals surface area (Å²) in [7, 11) is 0. The van der Waals surface area contributed by atoms with Gasteiger partial charge in [-0.05, 0) is 44.2 Å². The predicted octanol–water partition coefficient (Wildman–Crippen LogP) is 5.13. The minimum absolute atomic E-state index is 0.281. The standard InChI is InChI=1S/C25H23N3O5/c1-3-31-22-14-20(28-25(30)17-10-11-21-18(12-17)26-15-33-21)23(32-4-2)13-19(22)27-24(29)16-8-6-5-7-9-16/h5-15H,3-4H2,1-2H3,(H,27,29)(H,28,30). The quantitative estimate of drug-likeness (QED) is 0.390. The third kappa shape index (κ3) is 4.95. The molecule has 33 heavy (non-hydrogen) atoms. The number of hydrogen-bond donors (Lipinski definition) is 2. The van der Waals surface area contributed by atoms with Crippen molar-refractivity contribution in [2.45, 2.75) is 13.8 Å². The Bertz CT molecular complexity index is 1280. The van der Waals surface area contributed by atoms with E-state index in [1.54, 1.807) is 54.6 Å². The lowest BCUT2D eigenvalue weighted by molar-refractivity contribution is 0.101. The Morgan fingerprint density at radius 1 is 0.818 bits per heavy atom. The Morgan fingerprint density at radius 2 is 1.42 bits per heavy atom. The number of carbonyl (C=O) groups excluding carboxylic acids is 2. The third-order valence-electron chi connectivity index (χ3n) is 4.81. The number of carbonyl (C=O) groups is 2. The van der Waals surface area contributed by atoms with E-state index in [2.05, 4.69) is 15.6 Å². The molecule has 4 aromatic rings. The summed E-state index contributed by atoms with van der Waals surface area (Å²) >= 11 is 0. The van der Waals surface area contributed by atoms with Crippen LogP contribution in [0, 0.1) is 0 Å². The fourth-order valence-corrected chi connectivity index (χ4v) is 3.28. The molecule has 4 rings (SSSR count). The number of ether oxygens (including phenoxy) is 2. The number of benzene rings is 3. The van der Waals surface area contributed by atoms with Crippen LogP contribution in [0.2, 0.25) is 0 Å². The molecule has 2 amide bonds. The van der Waals surface area contributed by atoms with Crippen LogP contribution in [0.15, 0.2) is 71.5 Å². The van der Waals surface area contributed by atoms with E-state index in [0.717, 1.165) is 0 Å². The van der Waals surface area contributed by atoms with E-state index in [-0.39, 0.29) is 11.8 Å². The molecule has 0 saturated carbocycles. The van der Waals surface area contributed by atoms with Gasteiger partial charge in [0.2, 0.25) is 0 Å². The van der Waals surface area contributed by atoms with E-state index in [9.17, 15) is 9.59 Å². The summed E-state index contributed by atoms with van der Waals surface area (Å²) in [6, 6.07) is 17.1. The number of amides is 2. The van der Waals surface area contributed by atoms with E-state index in [1.807, 2.05) is 19.9 Å². The van der Waals surface area contributed by atoms with Gasteiger partial charge in [0.25, 0.3) is 11.8 Å². The number of nitrogens with zero attached hydrogens (tertiary/aromatic N) is 1. The van der Waals surface area contributed by atoms with Crippen molar-refractivity contribution in [3.63, 3.8) is 0 Å². The Kier molecular flexibility index (Phi) is 6.54. The van der Waals surface area contributed by atoms with E-state index in [0.29, 0.717) is 58.3 Å². The van der Waals surface area contributed by atoms with Crippen LogP contribution in [0.3, 0.4) is 0 Å². The average molecular weight is 445 g/mol. The van der Waals surface area contributed by atoms with Crippen molar-refractivity contribution in [1.82, 2.24) is 4.98 Å².